The molecule has 1 unspecified atom stereocenters. The van der Waals surface area contributed by atoms with Gasteiger partial charge in [-0.25, -0.2) is 4.99 Å². The molecule has 0 aromatic carbocycles. The average molecular weight is 337 g/mol. The van der Waals surface area contributed by atoms with Crippen LogP contribution in [0.15, 0.2) is 4.99 Å². The van der Waals surface area contributed by atoms with Crippen molar-refractivity contribution in [2.24, 2.45) is 22.6 Å². The van der Waals surface area contributed by atoms with Crippen molar-refractivity contribution in [2.45, 2.75) is 45.6 Å². The summed E-state index contributed by atoms with van der Waals surface area (Å²) in [4.78, 5) is 6.88. The highest BCUT2D eigenvalue weighted by molar-refractivity contribution is 14.0. The molecule has 0 radical (unpaired) electrons. The lowest BCUT2D eigenvalue weighted by atomic mass is 10.0. The Bertz CT molecular complexity index is 255. The van der Waals surface area contributed by atoms with Crippen LogP contribution in [0.5, 0.6) is 0 Å². The van der Waals surface area contributed by atoms with Crippen LogP contribution in [0.1, 0.15) is 39.5 Å². The second kappa shape index (κ2) is 6.07. The second-order valence-electron chi connectivity index (χ2n) is 5.15. The molecule has 16 heavy (non-hydrogen) atoms. The van der Waals surface area contributed by atoms with Gasteiger partial charge < -0.3 is 10.6 Å². The van der Waals surface area contributed by atoms with Gasteiger partial charge >= 0.3 is 0 Å². The van der Waals surface area contributed by atoms with Crippen LogP contribution in [0.25, 0.3) is 0 Å². The van der Waals surface area contributed by atoms with Crippen LogP contribution >= 0.6 is 24.0 Å². The van der Waals surface area contributed by atoms with Crippen molar-refractivity contribution in [3.8, 4) is 0 Å². The van der Waals surface area contributed by atoms with Crippen molar-refractivity contribution < 1.29 is 0 Å². The summed E-state index contributed by atoms with van der Waals surface area (Å²) in [6.07, 6.45) is 5.10. The standard InChI is InChI=1S/C12H23N3.HI/c1-3-10-7-11(10)14-12(13)15-6-4-5-9(2)8-15;/h9-11H,3-8H2,1-2H3,(H2,13,14);1H/t9?,10-,11-;/m1./s1. The van der Waals surface area contributed by atoms with Gasteiger partial charge in [0.05, 0.1) is 6.04 Å². The number of nitrogens with zero attached hydrogens (tertiary/aromatic N) is 2. The summed E-state index contributed by atoms with van der Waals surface area (Å²) in [5.41, 5.74) is 6.04. The fourth-order valence-corrected chi connectivity index (χ4v) is 2.48. The van der Waals surface area contributed by atoms with Crippen molar-refractivity contribution in [1.82, 2.24) is 4.90 Å². The number of hydrogen-bond acceptors (Lipinski definition) is 1. The van der Waals surface area contributed by atoms with Gasteiger partial charge in [-0.15, -0.1) is 24.0 Å². The lowest BCUT2D eigenvalue weighted by molar-refractivity contribution is 0.270. The summed E-state index contributed by atoms with van der Waals surface area (Å²) in [5.74, 6) is 2.38. The molecule has 1 heterocycles. The highest BCUT2D eigenvalue weighted by atomic mass is 127. The number of nitrogens with two attached hydrogens (primary N) is 1. The van der Waals surface area contributed by atoms with Crippen LogP contribution in [0.4, 0.5) is 0 Å². The van der Waals surface area contributed by atoms with Gasteiger partial charge in [0.2, 0.25) is 0 Å². The van der Waals surface area contributed by atoms with Gasteiger partial charge in [-0.2, -0.15) is 0 Å². The first-order valence-corrected chi connectivity index (χ1v) is 6.29. The molecule has 0 bridgehead atoms. The lowest BCUT2D eigenvalue weighted by Gasteiger charge is -2.31. The zero-order valence-electron chi connectivity index (χ0n) is 10.4. The molecule has 0 aromatic heterocycles. The van der Waals surface area contributed by atoms with E-state index in [1.54, 1.807) is 0 Å². The minimum absolute atomic E-state index is 0. The maximum atomic E-state index is 6.04. The van der Waals surface area contributed by atoms with Crippen molar-refractivity contribution in [1.29, 1.82) is 0 Å². The molecule has 3 nitrogen and oxygen atoms in total. The third kappa shape index (κ3) is 3.50. The number of piperidine rings is 1. The van der Waals surface area contributed by atoms with E-state index >= 15 is 0 Å². The molecule has 2 fully saturated rings. The number of likely N-dealkylation sites (tertiary alicyclic amines) is 1. The second-order valence-corrected chi connectivity index (χ2v) is 5.15. The van der Waals surface area contributed by atoms with Crippen molar-refractivity contribution in [2.75, 3.05) is 13.1 Å². The Balaban J connectivity index is 0.00000128. The molecule has 94 valence electrons. The Morgan fingerprint density at radius 2 is 2.25 bits per heavy atom. The van der Waals surface area contributed by atoms with Gasteiger partial charge in [-0.3, -0.25) is 0 Å². The molecule has 1 saturated carbocycles. The van der Waals surface area contributed by atoms with Crippen LogP contribution < -0.4 is 5.73 Å². The van der Waals surface area contributed by atoms with E-state index in [0.717, 1.165) is 30.9 Å². The Kier molecular flexibility index (Phi) is 5.34. The van der Waals surface area contributed by atoms with E-state index in [1.807, 2.05) is 0 Å². The smallest absolute Gasteiger partial charge is 0.191 e. The average Bonchev–Trinajstić information content (AvgIpc) is 2.96. The van der Waals surface area contributed by atoms with Crippen LogP contribution in [-0.4, -0.2) is 30.0 Å². The molecule has 0 amide bonds. The van der Waals surface area contributed by atoms with Crippen LogP contribution in [-0.2, 0) is 0 Å². The molecule has 1 aliphatic heterocycles. The Morgan fingerprint density at radius 3 is 2.81 bits per heavy atom. The maximum absolute atomic E-state index is 6.04. The number of halogens is 1. The van der Waals surface area contributed by atoms with E-state index in [-0.39, 0.29) is 24.0 Å². The first-order chi connectivity index (χ1) is 7.20. The first kappa shape index (κ1) is 14.1. The summed E-state index contributed by atoms with van der Waals surface area (Å²) in [5, 5.41) is 0. The Morgan fingerprint density at radius 1 is 1.50 bits per heavy atom. The molecule has 3 atom stereocenters. The summed E-state index contributed by atoms with van der Waals surface area (Å²) < 4.78 is 0. The van der Waals surface area contributed by atoms with Gasteiger partial charge in [-0.05, 0) is 31.1 Å². The van der Waals surface area contributed by atoms with E-state index < -0.39 is 0 Å². The van der Waals surface area contributed by atoms with Crippen LogP contribution in [0.2, 0.25) is 0 Å². The normalized spacial score (nSPS) is 34.5. The van der Waals surface area contributed by atoms with Crippen molar-refractivity contribution >= 4 is 29.9 Å². The zero-order valence-corrected chi connectivity index (χ0v) is 12.7. The number of hydrogen-bond donors (Lipinski definition) is 1. The largest absolute Gasteiger partial charge is 0.370 e. The first-order valence-electron chi connectivity index (χ1n) is 6.29. The zero-order chi connectivity index (χ0) is 10.8. The fraction of sp³-hybridized carbons (Fsp3) is 0.917. The van der Waals surface area contributed by atoms with Crippen molar-refractivity contribution in [3.05, 3.63) is 0 Å². The molecular formula is C12H24IN3. The molecule has 1 saturated heterocycles. The van der Waals surface area contributed by atoms with Gasteiger partial charge in [-0.1, -0.05) is 20.3 Å². The molecule has 1 aliphatic carbocycles. The van der Waals surface area contributed by atoms with Crippen LogP contribution in [0, 0.1) is 11.8 Å². The topological polar surface area (TPSA) is 41.6 Å². The predicted octanol–water partition coefficient (Wildman–Crippen LogP) is 2.45. The highest BCUT2D eigenvalue weighted by Crippen LogP contribution is 2.36. The summed E-state index contributed by atoms with van der Waals surface area (Å²) in [7, 11) is 0. The third-order valence-electron chi connectivity index (χ3n) is 3.69. The SMILES string of the molecule is CC[C@@H]1C[C@H]1N=C(N)N1CCCC(C)C1.I. The van der Waals surface area contributed by atoms with Gasteiger partial charge in [0.25, 0.3) is 0 Å². The molecule has 2 aliphatic rings. The number of rotatable bonds is 2. The summed E-state index contributed by atoms with van der Waals surface area (Å²) in [6.45, 7) is 6.73. The molecule has 0 aromatic rings. The van der Waals surface area contributed by atoms with Gasteiger partial charge in [0.15, 0.2) is 5.96 Å². The number of aliphatic imine (C=N–C) groups is 1. The fourth-order valence-electron chi connectivity index (χ4n) is 2.48. The predicted molar refractivity (Wildman–Crippen MR) is 79.2 cm³/mol. The van der Waals surface area contributed by atoms with Crippen molar-refractivity contribution in [3.63, 3.8) is 0 Å². The molecule has 4 heteroatoms. The van der Waals surface area contributed by atoms with Gasteiger partial charge in [0.1, 0.15) is 0 Å². The molecule has 2 N–H and O–H groups in total. The van der Waals surface area contributed by atoms with Crippen LogP contribution in [0.3, 0.4) is 0 Å². The van der Waals surface area contributed by atoms with E-state index in [4.69, 9.17) is 5.73 Å². The minimum atomic E-state index is 0. The summed E-state index contributed by atoms with van der Waals surface area (Å²) >= 11 is 0. The van der Waals surface area contributed by atoms with E-state index in [2.05, 4.69) is 23.7 Å². The van der Waals surface area contributed by atoms with E-state index in [0.29, 0.717) is 6.04 Å². The lowest BCUT2D eigenvalue weighted by Crippen LogP contribution is -2.43. The Labute approximate surface area is 116 Å². The minimum Gasteiger partial charge on any atom is -0.370 e. The van der Waals surface area contributed by atoms with Gasteiger partial charge in [0, 0.05) is 13.1 Å². The molecule has 2 rings (SSSR count). The monoisotopic (exact) mass is 337 g/mol. The third-order valence-corrected chi connectivity index (χ3v) is 3.69. The summed E-state index contributed by atoms with van der Waals surface area (Å²) in [6, 6.07) is 0.534. The van der Waals surface area contributed by atoms with E-state index in [1.165, 1.54) is 25.7 Å². The molecule has 0 spiro atoms. The Hall–Kier alpha value is 0. The number of guanidine groups is 1. The maximum Gasteiger partial charge on any atom is 0.191 e. The molecular weight excluding hydrogens is 313 g/mol. The quantitative estimate of drug-likeness (QED) is 0.478. The van der Waals surface area contributed by atoms with E-state index in [9.17, 15) is 0 Å². The highest BCUT2D eigenvalue weighted by Gasteiger charge is 2.35.